The minimum Gasteiger partial charge on any atom is -0.332 e. The Balaban J connectivity index is 2.69. The Morgan fingerprint density at radius 1 is 1.29 bits per heavy atom. The summed E-state index contributed by atoms with van der Waals surface area (Å²) >= 11 is 0. The second-order valence-electron chi connectivity index (χ2n) is 5.02. The van der Waals surface area contributed by atoms with Crippen LogP contribution in [0.1, 0.15) is 25.3 Å². The third kappa shape index (κ3) is 6.62. The van der Waals surface area contributed by atoms with Gasteiger partial charge >= 0.3 is 6.18 Å². The largest absolute Gasteiger partial charge is 0.406 e. The van der Waals surface area contributed by atoms with Gasteiger partial charge in [-0.2, -0.15) is 13.2 Å². The predicted molar refractivity (Wildman–Crippen MR) is 75.7 cm³/mol. The number of carbonyl (C=O) groups excluding carboxylic acids is 1. The molecule has 0 saturated heterocycles. The van der Waals surface area contributed by atoms with Crippen LogP contribution in [-0.2, 0) is 11.2 Å². The molecule has 0 saturated carbocycles. The fourth-order valence-electron chi connectivity index (χ4n) is 2.02. The van der Waals surface area contributed by atoms with Crippen LogP contribution in [0.4, 0.5) is 13.2 Å². The van der Waals surface area contributed by atoms with Crippen LogP contribution in [0.15, 0.2) is 30.3 Å². The molecule has 1 aromatic carbocycles. The Morgan fingerprint density at radius 2 is 1.90 bits per heavy atom. The highest BCUT2D eigenvalue weighted by Gasteiger charge is 2.34. The molecule has 0 spiro atoms. The van der Waals surface area contributed by atoms with E-state index in [4.69, 9.17) is 5.73 Å². The molecule has 0 aliphatic rings. The maximum absolute atomic E-state index is 12.5. The quantitative estimate of drug-likeness (QED) is 0.842. The first-order valence-electron chi connectivity index (χ1n) is 6.98. The highest BCUT2D eigenvalue weighted by atomic mass is 19.4. The Kier molecular flexibility index (Phi) is 6.68. The molecule has 1 atom stereocenters. The molecule has 3 nitrogen and oxygen atoms in total. The lowest BCUT2D eigenvalue weighted by Crippen LogP contribution is -2.48. The smallest absolute Gasteiger partial charge is 0.332 e. The third-order valence-corrected chi connectivity index (χ3v) is 3.08. The van der Waals surface area contributed by atoms with Gasteiger partial charge in [0.15, 0.2) is 0 Å². The van der Waals surface area contributed by atoms with Crippen molar-refractivity contribution in [1.29, 1.82) is 0 Å². The summed E-state index contributed by atoms with van der Waals surface area (Å²) in [5.74, 6) is -0.648. The van der Waals surface area contributed by atoms with E-state index in [1.807, 2.05) is 13.0 Å². The van der Waals surface area contributed by atoms with Gasteiger partial charge in [-0.15, -0.1) is 0 Å². The SMILES string of the molecule is CCCCN(CC(F)(F)F)C(=O)[C@@H](N)Cc1ccccc1. The van der Waals surface area contributed by atoms with Gasteiger partial charge in [-0.3, -0.25) is 4.79 Å². The van der Waals surface area contributed by atoms with Gasteiger partial charge in [-0.25, -0.2) is 0 Å². The van der Waals surface area contributed by atoms with E-state index in [1.54, 1.807) is 24.3 Å². The van der Waals surface area contributed by atoms with Gasteiger partial charge in [-0.05, 0) is 18.4 Å². The van der Waals surface area contributed by atoms with Crippen molar-refractivity contribution in [1.82, 2.24) is 4.90 Å². The highest BCUT2D eigenvalue weighted by molar-refractivity contribution is 5.82. The molecular formula is C15H21F3N2O. The predicted octanol–water partition coefficient (Wildman–Crippen LogP) is 2.75. The van der Waals surface area contributed by atoms with E-state index >= 15 is 0 Å². The molecule has 1 amide bonds. The molecule has 0 aliphatic heterocycles. The summed E-state index contributed by atoms with van der Waals surface area (Å²) in [6, 6.07) is 8.08. The Hall–Kier alpha value is -1.56. The van der Waals surface area contributed by atoms with Gasteiger partial charge in [0, 0.05) is 6.54 Å². The number of nitrogens with zero attached hydrogens (tertiary/aromatic N) is 1. The Bertz CT molecular complexity index is 434. The molecule has 1 rings (SSSR count). The lowest BCUT2D eigenvalue weighted by Gasteiger charge is -2.26. The summed E-state index contributed by atoms with van der Waals surface area (Å²) < 4.78 is 37.6. The van der Waals surface area contributed by atoms with E-state index in [0.717, 1.165) is 16.9 Å². The standard InChI is InChI=1S/C15H21F3N2O/c1-2-3-9-20(11-15(16,17)18)14(21)13(19)10-12-7-5-4-6-8-12/h4-8,13H,2-3,9-11,19H2,1H3/t13-/m0/s1. The second-order valence-corrected chi connectivity index (χ2v) is 5.02. The summed E-state index contributed by atoms with van der Waals surface area (Å²) in [4.78, 5) is 12.9. The first kappa shape index (κ1) is 17.5. The van der Waals surface area contributed by atoms with Crippen LogP contribution >= 0.6 is 0 Å². The molecule has 118 valence electrons. The molecule has 0 heterocycles. The van der Waals surface area contributed by atoms with Gasteiger partial charge < -0.3 is 10.6 Å². The van der Waals surface area contributed by atoms with E-state index in [-0.39, 0.29) is 13.0 Å². The summed E-state index contributed by atoms with van der Waals surface area (Å²) in [7, 11) is 0. The topological polar surface area (TPSA) is 46.3 Å². The van der Waals surface area contributed by atoms with Gasteiger partial charge in [0.25, 0.3) is 0 Å². The monoisotopic (exact) mass is 302 g/mol. The lowest BCUT2D eigenvalue weighted by molar-refractivity contribution is -0.162. The van der Waals surface area contributed by atoms with Crippen molar-refractivity contribution < 1.29 is 18.0 Å². The van der Waals surface area contributed by atoms with E-state index < -0.39 is 24.7 Å². The number of benzene rings is 1. The Morgan fingerprint density at radius 3 is 2.43 bits per heavy atom. The lowest BCUT2D eigenvalue weighted by atomic mass is 10.1. The number of amides is 1. The zero-order chi connectivity index (χ0) is 15.9. The number of hydrogen-bond donors (Lipinski definition) is 1. The van der Waals surface area contributed by atoms with Crippen molar-refractivity contribution in [3.63, 3.8) is 0 Å². The van der Waals surface area contributed by atoms with E-state index in [1.165, 1.54) is 0 Å². The number of nitrogens with two attached hydrogens (primary N) is 1. The number of carbonyl (C=O) groups is 1. The van der Waals surface area contributed by atoms with Crippen molar-refractivity contribution in [3.8, 4) is 0 Å². The minimum atomic E-state index is -4.41. The maximum Gasteiger partial charge on any atom is 0.406 e. The molecule has 0 aromatic heterocycles. The molecule has 0 radical (unpaired) electrons. The summed E-state index contributed by atoms with van der Waals surface area (Å²) in [5.41, 5.74) is 6.62. The molecule has 0 bridgehead atoms. The van der Waals surface area contributed by atoms with Crippen LogP contribution in [0.25, 0.3) is 0 Å². The zero-order valence-corrected chi connectivity index (χ0v) is 12.1. The fraction of sp³-hybridized carbons (Fsp3) is 0.533. The molecule has 0 fully saturated rings. The van der Waals surface area contributed by atoms with Crippen LogP contribution in [-0.4, -0.2) is 36.1 Å². The molecule has 0 unspecified atom stereocenters. The highest BCUT2D eigenvalue weighted by Crippen LogP contribution is 2.18. The van der Waals surface area contributed by atoms with Crippen molar-refractivity contribution in [3.05, 3.63) is 35.9 Å². The molecule has 21 heavy (non-hydrogen) atoms. The van der Waals surface area contributed by atoms with Crippen LogP contribution < -0.4 is 5.73 Å². The number of alkyl halides is 3. The van der Waals surface area contributed by atoms with Crippen LogP contribution in [0.5, 0.6) is 0 Å². The first-order chi connectivity index (χ1) is 9.83. The second kappa shape index (κ2) is 8.02. The van der Waals surface area contributed by atoms with Crippen molar-refractivity contribution in [2.24, 2.45) is 5.73 Å². The van der Waals surface area contributed by atoms with E-state index in [2.05, 4.69) is 0 Å². The molecule has 2 N–H and O–H groups in total. The van der Waals surface area contributed by atoms with Crippen LogP contribution in [0.2, 0.25) is 0 Å². The van der Waals surface area contributed by atoms with Gasteiger partial charge in [0.05, 0.1) is 6.04 Å². The number of halogens is 3. The summed E-state index contributed by atoms with van der Waals surface area (Å²) in [6.07, 6.45) is -2.93. The zero-order valence-electron chi connectivity index (χ0n) is 12.1. The minimum absolute atomic E-state index is 0.0807. The van der Waals surface area contributed by atoms with Crippen LogP contribution in [0, 0.1) is 0 Å². The molecule has 0 aliphatic carbocycles. The Labute approximate surface area is 122 Å². The van der Waals surface area contributed by atoms with Gasteiger partial charge in [0.1, 0.15) is 6.54 Å². The fourth-order valence-corrected chi connectivity index (χ4v) is 2.02. The average molecular weight is 302 g/mol. The van der Waals surface area contributed by atoms with Gasteiger partial charge in [0.2, 0.25) is 5.91 Å². The average Bonchev–Trinajstić information content (AvgIpc) is 2.42. The molecule has 1 aromatic rings. The normalized spacial score (nSPS) is 13.0. The van der Waals surface area contributed by atoms with Crippen molar-refractivity contribution >= 4 is 5.91 Å². The van der Waals surface area contributed by atoms with Crippen molar-refractivity contribution in [2.45, 2.75) is 38.4 Å². The van der Waals surface area contributed by atoms with Gasteiger partial charge in [-0.1, -0.05) is 43.7 Å². The number of unbranched alkanes of at least 4 members (excludes halogenated alkanes) is 1. The molecule has 6 heteroatoms. The number of rotatable bonds is 7. The van der Waals surface area contributed by atoms with E-state index in [0.29, 0.717) is 6.42 Å². The first-order valence-corrected chi connectivity index (χ1v) is 6.98. The number of hydrogen-bond acceptors (Lipinski definition) is 2. The summed E-state index contributed by atoms with van der Waals surface area (Å²) in [5, 5.41) is 0. The van der Waals surface area contributed by atoms with E-state index in [9.17, 15) is 18.0 Å². The molecular weight excluding hydrogens is 281 g/mol. The van der Waals surface area contributed by atoms with Crippen molar-refractivity contribution in [2.75, 3.05) is 13.1 Å². The summed E-state index contributed by atoms with van der Waals surface area (Å²) in [6.45, 7) is 0.700. The van der Waals surface area contributed by atoms with Crippen LogP contribution in [0.3, 0.4) is 0 Å². The third-order valence-electron chi connectivity index (χ3n) is 3.08. The maximum atomic E-state index is 12.5.